The van der Waals surface area contributed by atoms with Crippen molar-refractivity contribution in [2.24, 2.45) is 0 Å². The zero-order valence-corrected chi connectivity index (χ0v) is 12.8. The van der Waals surface area contributed by atoms with E-state index in [0.717, 1.165) is 36.5 Å². The van der Waals surface area contributed by atoms with Crippen LogP contribution >= 0.6 is 0 Å². The van der Waals surface area contributed by atoms with Crippen molar-refractivity contribution in [2.45, 2.75) is 26.3 Å². The molecule has 1 heterocycles. The third-order valence-corrected chi connectivity index (χ3v) is 3.80. The Morgan fingerprint density at radius 2 is 1.82 bits per heavy atom. The van der Waals surface area contributed by atoms with Gasteiger partial charge in [0.15, 0.2) is 0 Å². The molecule has 1 aromatic heterocycles. The van der Waals surface area contributed by atoms with E-state index in [4.69, 9.17) is 10.5 Å². The molecule has 4 heteroatoms. The lowest BCUT2D eigenvalue weighted by atomic mass is 10.3. The summed E-state index contributed by atoms with van der Waals surface area (Å²) in [7, 11) is 0. The standard InChI is InChI=1S/C18H21N3O/c1-14-20-16-9-3-4-10-17(16)21(14)12-6-7-13-22-18-11-5-2-8-15(18)19/h2-5,8-11H,6-7,12-13,19H2,1H3. The number of benzene rings is 2. The first-order chi connectivity index (χ1) is 10.8. The molecular weight excluding hydrogens is 274 g/mol. The molecule has 0 saturated heterocycles. The van der Waals surface area contributed by atoms with Crippen molar-refractivity contribution in [1.29, 1.82) is 0 Å². The van der Waals surface area contributed by atoms with Crippen LogP contribution in [0.1, 0.15) is 18.7 Å². The molecule has 3 rings (SSSR count). The number of para-hydroxylation sites is 4. The number of anilines is 1. The van der Waals surface area contributed by atoms with Crippen LogP contribution in [0, 0.1) is 6.92 Å². The van der Waals surface area contributed by atoms with Gasteiger partial charge in [0.25, 0.3) is 0 Å². The zero-order chi connectivity index (χ0) is 15.4. The van der Waals surface area contributed by atoms with Gasteiger partial charge in [0.2, 0.25) is 0 Å². The van der Waals surface area contributed by atoms with E-state index in [0.29, 0.717) is 12.3 Å². The van der Waals surface area contributed by atoms with E-state index in [1.54, 1.807) is 0 Å². The largest absolute Gasteiger partial charge is 0.491 e. The van der Waals surface area contributed by atoms with Crippen molar-refractivity contribution < 1.29 is 4.74 Å². The van der Waals surface area contributed by atoms with Gasteiger partial charge in [-0.05, 0) is 44.0 Å². The number of hydrogen-bond acceptors (Lipinski definition) is 3. The SMILES string of the molecule is Cc1nc2ccccc2n1CCCCOc1ccccc1N. The number of nitrogens with two attached hydrogens (primary N) is 1. The molecule has 2 aromatic carbocycles. The summed E-state index contributed by atoms with van der Waals surface area (Å²) in [6, 6.07) is 15.9. The first kappa shape index (κ1) is 14.4. The number of aromatic nitrogens is 2. The molecule has 0 unspecified atom stereocenters. The van der Waals surface area contributed by atoms with E-state index < -0.39 is 0 Å². The molecule has 0 aliphatic carbocycles. The molecule has 0 bridgehead atoms. The first-order valence-electron chi connectivity index (χ1n) is 7.65. The minimum absolute atomic E-state index is 0.680. The second kappa shape index (κ2) is 6.52. The number of fused-ring (bicyclic) bond motifs is 1. The van der Waals surface area contributed by atoms with Crippen LogP contribution in [-0.4, -0.2) is 16.2 Å². The van der Waals surface area contributed by atoms with Gasteiger partial charge < -0.3 is 15.0 Å². The van der Waals surface area contributed by atoms with Crippen LogP contribution in [0.4, 0.5) is 5.69 Å². The first-order valence-corrected chi connectivity index (χ1v) is 7.65. The third-order valence-electron chi connectivity index (χ3n) is 3.80. The highest BCUT2D eigenvalue weighted by atomic mass is 16.5. The average Bonchev–Trinajstić information content (AvgIpc) is 2.84. The van der Waals surface area contributed by atoms with Crippen molar-refractivity contribution in [3.63, 3.8) is 0 Å². The molecule has 0 aliphatic heterocycles. The summed E-state index contributed by atoms with van der Waals surface area (Å²) in [6.07, 6.45) is 2.04. The van der Waals surface area contributed by atoms with Crippen LogP contribution in [0.5, 0.6) is 5.75 Å². The van der Waals surface area contributed by atoms with Crippen molar-refractivity contribution in [3.8, 4) is 5.75 Å². The molecule has 0 spiro atoms. The lowest BCUT2D eigenvalue weighted by molar-refractivity contribution is 0.305. The van der Waals surface area contributed by atoms with E-state index in [2.05, 4.69) is 34.7 Å². The van der Waals surface area contributed by atoms with E-state index in [9.17, 15) is 0 Å². The molecule has 3 aromatic rings. The van der Waals surface area contributed by atoms with E-state index in [-0.39, 0.29) is 0 Å². The fraction of sp³-hybridized carbons (Fsp3) is 0.278. The lowest BCUT2D eigenvalue weighted by Crippen LogP contribution is -2.04. The summed E-state index contributed by atoms with van der Waals surface area (Å²) >= 11 is 0. The summed E-state index contributed by atoms with van der Waals surface area (Å²) in [5.74, 6) is 1.83. The van der Waals surface area contributed by atoms with Gasteiger partial charge in [0, 0.05) is 6.54 Å². The summed E-state index contributed by atoms with van der Waals surface area (Å²) in [6.45, 7) is 3.70. The Bertz CT molecular complexity index is 764. The molecule has 0 aliphatic rings. The number of unbranched alkanes of at least 4 members (excludes halogenated alkanes) is 1. The van der Waals surface area contributed by atoms with Crippen LogP contribution in [0.25, 0.3) is 11.0 Å². The van der Waals surface area contributed by atoms with Gasteiger partial charge in [-0.3, -0.25) is 0 Å². The minimum Gasteiger partial charge on any atom is -0.491 e. The lowest BCUT2D eigenvalue weighted by Gasteiger charge is -2.09. The van der Waals surface area contributed by atoms with E-state index in [1.165, 1.54) is 5.52 Å². The van der Waals surface area contributed by atoms with Crippen LogP contribution in [-0.2, 0) is 6.54 Å². The van der Waals surface area contributed by atoms with Crippen molar-refractivity contribution in [1.82, 2.24) is 9.55 Å². The maximum Gasteiger partial charge on any atom is 0.142 e. The van der Waals surface area contributed by atoms with Gasteiger partial charge in [-0.1, -0.05) is 24.3 Å². The number of nitrogen functional groups attached to an aromatic ring is 1. The monoisotopic (exact) mass is 295 g/mol. The minimum atomic E-state index is 0.680. The maximum atomic E-state index is 5.86. The Morgan fingerprint density at radius 1 is 1.05 bits per heavy atom. The summed E-state index contributed by atoms with van der Waals surface area (Å²) in [4.78, 5) is 4.59. The summed E-state index contributed by atoms with van der Waals surface area (Å²) in [5, 5.41) is 0. The average molecular weight is 295 g/mol. The molecule has 0 amide bonds. The highest BCUT2D eigenvalue weighted by Crippen LogP contribution is 2.20. The highest BCUT2D eigenvalue weighted by Gasteiger charge is 2.06. The number of nitrogens with zero attached hydrogens (tertiary/aromatic N) is 2. The molecule has 22 heavy (non-hydrogen) atoms. The van der Waals surface area contributed by atoms with Crippen molar-refractivity contribution >= 4 is 16.7 Å². The van der Waals surface area contributed by atoms with Crippen LogP contribution in [0.3, 0.4) is 0 Å². The van der Waals surface area contributed by atoms with Gasteiger partial charge in [-0.25, -0.2) is 4.98 Å². The van der Waals surface area contributed by atoms with Crippen molar-refractivity contribution in [2.75, 3.05) is 12.3 Å². The number of imidazole rings is 1. The number of ether oxygens (including phenoxy) is 1. The van der Waals surface area contributed by atoms with Crippen molar-refractivity contribution in [3.05, 3.63) is 54.4 Å². The normalized spacial score (nSPS) is 11.0. The predicted molar refractivity (Wildman–Crippen MR) is 90.1 cm³/mol. The number of rotatable bonds is 6. The van der Waals surface area contributed by atoms with E-state index in [1.807, 2.05) is 30.3 Å². The summed E-state index contributed by atoms with van der Waals surface area (Å²) < 4.78 is 7.99. The van der Waals surface area contributed by atoms with E-state index >= 15 is 0 Å². The molecular formula is C18H21N3O. The van der Waals surface area contributed by atoms with Gasteiger partial charge in [0.05, 0.1) is 23.3 Å². The Hall–Kier alpha value is -2.49. The molecule has 0 radical (unpaired) electrons. The fourth-order valence-electron chi connectivity index (χ4n) is 2.64. The summed E-state index contributed by atoms with van der Waals surface area (Å²) in [5.41, 5.74) is 8.82. The van der Waals surface area contributed by atoms with Gasteiger partial charge in [-0.2, -0.15) is 0 Å². The Morgan fingerprint density at radius 3 is 2.68 bits per heavy atom. The maximum absolute atomic E-state index is 5.86. The third kappa shape index (κ3) is 3.06. The molecule has 0 atom stereocenters. The fourth-order valence-corrected chi connectivity index (χ4v) is 2.64. The van der Waals surface area contributed by atoms with Gasteiger partial charge in [-0.15, -0.1) is 0 Å². The second-order valence-corrected chi connectivity index (χ2v) is 5.39. The van der Waals surface area contributed by atoms with Crippen LogP contribution < -0.4 is 10.5 Å². The van der Waals surface area contributed by atoms with Gasteiger partial charge in [0.1, 0.15) is 11.6 Å². The molecule has 114 valence electrons. The van der Waals surface area contributed by atoms with Crippen LogP contribution in [0.2, 0.25) is 0 Å². The highest BCUT2D eigenvalue weighted by molar-refractivity contribution is 5.75. The van der Waals surface area contributed by atoms with Gasteiger partial charge >= 0.3 is 0 Å². The Balaban J connectivity index is 1.53. The quantitative estimate of drug-likeness (QED) is 0.556. The molecule has 0 saturated carbocycles. The molecule has 2 N–H and O–H groups in total. The Kier molecular flexibility index (Phi) is 4.28. The smallest absolute Gasteiger partial charge is 0.142 e. The van der Waals surface area contributed by atoms with Crippen LogP contribution in [0.15, 0.2) is 48.5 Å². The number of hydrogen-bond donors (Lipinski definition) is 1. The number of aryl methyl sites for hydroxylation is 2. The topological polar surface area (TPSA) is 53.1 Å². The molecule has 4 nitrogen and oxygen atoms in total. The molecule has 0 fully saturated rings. The second-order valence-electron chi connectivity index (χ2n) is 5.39. The predicted octanol–water partition coefficient (Wildman–Crippen LogP) is 3.79. The Labute approximate surface area is 130 Å². The zero-order valence-electron chi connectivity index (χ0n) is 12.8.